The molecular formula is C40H38O3. The topological polar surface area (TPSA) is 27.7 Å². The number of ether oxygens (including phenoxy) is 3. The first kappa shape index (κ1) is 26.4. The van der Waals surface area contributed by atoms with Gasteiger partial charge in [-0.05, 0) is 94.0 Å². The molecule has 0 N–H and O–H groups in total. The maximum atomic E-state index is 7.66. The molecule has 0 radical (unpaired) electrons. The van der Waals surface area contributed by atoms with E-state index < -0.39 is 5.60 Å². The van der Waals surface area contributed by atoms with Gasteiger partial charge in [-0.1, -0.05) is 86.5 Å². The molecule has 4 aliphatic rings. The zero-order valence-corrected chi connectivity index (χ0v) is 25.2. The van der Waals surface area contributed by atoms with Crippen LogP contribution in [-0.4, -0.2) is 14.2 Å². The van der Waals surface area contributed by atoms with Crippen LogP contribution in [0.4, 0.5) is 0 Å². The number of rotatable bonds is 4. The molecule has 0 aromatic heterocycles. The summed E-state index contributed by atoms with van der Waals surface area (Å²) in [7, 11) is 3.48. The van der Waals surface area contributed by atoms with Gasteiger partial charge >= 0.3 is 0 Å². The van der Waals surface area contributed by atoms with E-state index in [0.717, 1.165) is 29.2 Å². The monoisotopic (exact) mass is 566 g/mol. The summed E-state index contributed by atoms with van der Waals surface area (Å²) in [5.41, 5.74) is 8.50. The Hall–Kier alpha value is -4.24. The Bertz CT molecular complexity index is 1830. The Kier molecular flexibility index (Phi) is 6.25. The smallest absolute Gasteiger partial charge is 0.174 e. The van der Waals surface area contributed by atoms with E-state index in [4.69, 9.17) is 14.2 Å². The van der Waals surface area contributed by atoms with Crippen molar-refractivity contribution < 1.29 is 14.2 Å². The van der Waals surface area contributed by atoms with Crippen molar-refractivity contribution >= 4 is 16.8 Å². The lowest BCUT2D eigenvalue weighted by molar-refractivity contribution is 0.136. The van der Waals surface area contributed by atoms with E-state index in [1.807, 2.05) is 0 Å². The first-order valence-corrected chi connectivity index (χ1v) is 15.8. The minimum atomic E-state index is -0.744. The van der Waals surface area contributed by atoms with Crippen molar-refractivity contribution in [2.75, 3.05) is 14.2 Å². The maximum Gasteiger partial charge on any atom is 0.174 e. The van der Waals surface area contributed by atoms with Crippen molar-refractivity contribution in [2.45, 2.75) is 56.5 Å². The van der Waals surface area contributed by atoms with E-state index in [9.17, 15) is 0 Å². The highest BCUT2D eigenvalue weighted by Gasteiger charge is 2.46. The quantitative estimate of drug-likeness (QED) is 0.246. The summed E-state index contributed by atoms with van der Waals surface area (Å²) < 4.78 is 18.9. The molecule has 3 heteroatoms. The van der Waals surface area contributed by atoms with Gasteiger partial charge in [0.05, 0.1) is 20.0 Å². The van der Waals surface area contributed by atoms with Crippen molar-refractivity contribution in [1.82, 2.24) is 0 Å². The minimum absolute atomic E-state index is 0.243. The van der Waals surface area contributed by atoms with Crippen LogP contribution in [0.25, 0.3) is 28.0 Å². The van der Waals surface area contributed by atoms with Gasteiger partial charge < -0.3 is 14.2 Å². The van der Waals surface area contributed by atoms with Crippen molar-refractivity contribution in [2.24, 2.45) is 5.92 Å². The molecular weight excluding hydrogens is 528 g/mol. The molecule has 4 unspecified atom stereocenters. The molecule has 43 heavy (non-hydrogen) atoms. The van der Waals surface area contributed by atoms with Gasteiger partial charge in [0.25, 0.3) is 0 Å². The van der Waals surface area contributed by atoms with Crippen molar-refractivity contribution in [3.05, 3.63) is 125 Å². The third kappa shape index (κ3) is 3.94. The summed E-state index contributed by atoms with van der Waals surface area (Å²) in [5, 5.41) is 2.59. The Morgan fingerprint density at radius 2 is 1.53 bits per heavy atom. The lowest BCUT2D eigenvalue weighted by Gasteiger charge is -2.45. The van der Waals surface area contributed by atoms with Crippen molar-refractivity contribution in [3.63, 3.8) is 0 Å². The van der Waals surface area contributed by atoms with Crippen LogP contribution in [0.15, 0.2) is 102 Å². The molecule has 0 saturated heterocycles. The fraction of sp³-hybridized carbons (Fsp3) is 0.300. The van der Waals surface area contributed by atoms with E-state index in [1.165, 1.54) is 69.8 Å². The van der Waals surface area contributed by atoms with Crippen LogP contribution in [0.5, 0.6) is 11.5 Å². The second kappa shape index (κ2) is 10.2. The number of hydrogen-bond donors (Lipinski definition) is 0. The molecule has 8 rings (SSSR count). The minimum Gasteiger partial charge on any atom is -0.501 e. The predicted octanol–water partition coefficient (Wildman–Crippen LogP) is 10.1. The van der Waals surface area contributed by atoms with Gasteiger partial charge in [-0.25, -0.2) is 0 Å². The standard InChI is InChI=1S/C40H38O3/c1-25-24-28(42-3)20-21-36(25)40(26-16-18-27(41-2)19-17-26)23-22-35-31-12-6-8-14-33(31)37-32-13-7-4-10-29(32)30-11-5-9-15-34(30)38(37)39(35)43-40/h4,6-8,10,12-14,16-23,25,30,34H,5,9,11,15,24H2,1-3H3. The summed E-state index contributed by atoms with van der Waals surface area (Å²) in [6.07, 6.45) is 14.8. The highest BCUT2D eigenvalue weighted by molar-refractivity contribution is 6.07. The normalized spacial score (nSPS) is 25.3. The zero-order chi connectivity index (χ0) is 29.1. The summed E-state index contributed by atoms with van der Waals surface area (Å²) in [6.45, 7) is 2.29. The number of allylic oxidation sites excluding steroid dienone is 3. The van der Waals surface area contributed by atoms with Crippen LogP contribution < -0.4 is 9.47 Å². The average Bonchev–Trinajstić information content (AvgIpc) is 3.07. The zero-order valence-electron chi connectivity index (χ0n) is 25.2. The molecule has 4 atom stereocenters. The van der Waals surface area contributed by atoms with Crippen LogP contribution >= 0.6 is 0 Å². The van der Waals surface area contributed by atoms with Crippen LogP contribution in [-0.2, 0) is 10.3 Å². The van der Waals surface area contributed by atoms with E-state index in [2.05, 4.69) is 104 Å². The second-order valence-electron chi connectivity index (χ2n) is 12.6. The highest BCUT2D eigenvalue weighted by Crippen LogP contribution is 2.60. The van der Waals surface area contributed by atoms with E-state index >= 15 is 0 Å². The van der Waals surface area contributed by atoms with E-state index in [0.29, 0.717) is 11.8 Å². The average molecular weight is 567 g/mol. The third-order valence-corrected chi connectivity index (χ3v) is 10.5. The summed E-state index contributed by atoms with van der Waals surface area (Å²) >= 11 is 0. The second-order valence-corrected chi connectivity index (χ2v) is 12.6. The van der Waals surface area contributed by atoms with Crippen LogP contribution in [0.3, 0.4) is 0 Å². The predicted molar refractivity (Wildman–Crippen MR) is 175 cm³/mol. The lowest BCUT2D eigenvalue weighted by Crippen LogP contribution is -2.39. The molecule has 1 saturated carbocycles. The lowest BCUT2D eigenvalue weighted by atomic mass is 9.64. The van der Waals surface area contributed by atoms with Gasteiger partial charge in [-0.3, -0.25) is 0 Å². The molecule has 3 aliphatic carbocycles. The van der Waals surface area contributed by atoms with Crippen molar-refractivity contribution in [1.29, 1.82) is 0 Å². The van der Waals surface area contributed by atoms with Gasteiger partial charge in [0.15, 0.2) is 5.60 Å². The fourth-order valence-corrected chi connectivity index (χ4v) is 8.46. The Balaban J connectivity index is 1.43. The molecule has 4 aromatic carbocycles. The SMILES string of the molecule is COC1=CC=C(C2(c3ccc(OC)cc3)C=Cc3c(c4c(c5ccccc35)-c3ccccc3C3CCCCC43)O2)C(C)C1. The largest absolute Gasteiger partial charge is 0.501 e. The van der Waals surface area contributed by atoms with Crippen molar-refractivity contribution in [3.8, 4) is 22.6 Å². The maximum absolute atomic E-state index is 7.66. The van der Waals surface area contributed by atoms with Gasteiger partial charge in [-0.2, -0.15) is 0 Å². The molecule has 4 aromatic rings. The molecule has 1 fully saturated rings. The molecule has 3 nitrogen and oxygen atoms in total. The Morgan fingerprint density at radius 3 is 2.30 bits per heavy atom. The van der Waals surface area contributed by atoms with Crippen LogP contribution in [0.2, 0.25) is 0 Å². The van der Waals surface area contributed by atoms with Crippen LogP contribution in [0.1, 0.15) is 73.1 Å². The van der Waals surface area contributed by atoms with Crippen LogP contribution in [0, 0.1) is 5.92 Å². The van der Waals surface area contributed by atoms with Gasteiger partial charge in [0.2, 0.25) is 0 Å². The summed E-state index contributed by atoms with van der Waals surface area (Å²) in [5.74, 6) is 4.12. The molecule has 1 heterocycles. The highest BCUT2D eigenvalue weighted by atomic mass is 16.5. The van der Waals surface area contributed by atoms with E-state index in [1.54, 1.807) is 14.2 Å². The summed E-state index contributed by atoms with van der Waals surface area (Å²) in [6, 6.07) is 26.5. The third-order valence-electron chi connectivity index (χ3n) is 10.5. The summed E-state index contributed by atoms with van der Waals surface area (Å²) in [4.78, 5) is 0. The molecule has 216 valence electrons. The fourth-order valence-electron chi connectivity index (χ4n) is 8.46. The number of hydrogen-bond acceptors (Lipinski definition) is 3. The van der Waals surface area contributed by atoms with Gasteiger partial charge in [-0.15, -0.1) is 0 Å². The molecule has 1 aliphatic heterocycles. The Morgan fingerprint density at radius 1 is 0.791 bits per heavy atom. The first-order chi connectivity index (χ1) is 21.1. The molecule has 0 amide bonds. The number of methoxy groups -OCH3 is 2. The van der Waals surface area contributed by atoms with Gasteiger partial charge in [0.1, 0.15) is 11.5 Å². The number of fused-ring (bicyclic) bond motifs is 11. The molecule has 0 spiro atoms. The Labute approximate surface area is 254 Å². The van der Waals surface area contributed by atoms with Gasteiger partial charge in [0, 0.05) is 23.1 Å². The number of benzene rings is 4. The molecule has 0 bridgehead atoms. The first-order valence-electron chi connectivity index (χ1n) is 15.8. The van der Waals surface area contributed by atoms with E-state index in [-0.39, 0.29) is 5.92 Å².